The van der Waals surface area contributed by atoms with E-state index in [1.807, 2.05) is 6.92 Å². The molecule has 0 N–H and O–H groups in total. The smallest absolute Gasteiger partial charge is 0.306 e. The summed E-state index contributed by atoms with van der Waals surface area (Å²) < 4.78 is 4.76. The van der Waals surface area contributed by atoms with Crippen LogP contribution in [0.5, 0.6) is 0 Å². The van der Waals surface area contributed by atoms with E-state index >= 15 is 0 Å². The molecule has 0 aromatic heterocycles. The Bertz CT molecular complexity index is 217. The summed E-state index contributed by atoms with van der Waals surface area (Å²) in [7, 11) is 0. The second-order valence-electron chi connectivity index (χ2n) is 3.64. The van der Waals surface area contributed by atoms with Gasteiger partial charge in [0.1, 0.15) is 0 Å². The molecule has 0 aromatic rings. The van der Waals surface area contributed by atoms with Crippen molar-refractivity contribution in [2.75, 3.05) is 13.2 Å². The fourth-order valence-corrected chi connectivity index (χ4v) is 1.16. The van der Waals surface area contributed by atoms with Gasteiger partial charge < -0.3 is 4.74 Å². The summed E-state index contributed by atoms with van der Waals surface area (Å²) in [6.45, 7) is 5.41. The number of esters is 1. The molecular formula is C9H17NO4. The normalized spacial score (nSPS) is 14.5. The molecule has 82 valence electrons. The summed E-state index contributed by atoms with van der Waals surface area (Å²) >= 11 is 0. The van der Waals surface area contributed by atoms with Crippen LogP contribution >= 0.6 is 0 Å². The number of carbonyl (C=O) groups excluding carboxylic acids is 1. The van der Waals surface area contributed by atoms with Crippen molar-refractivity contribution in [1.29, 1.82) is 0 Å². The highest BCUT2D eigenvalue weighted by Crippen LogP contribution is 2.26. The molecule has 0 bridgehead atoms. The van der Waals surface area contributed by atoms with Crippen molar-refractivity contribution in [3.8, 4) is 0 Å². The Kier molecular flexibility index (Phi) is 5.12. The lowest BCUT2D eigenvalue weighted by Gasteiger charge is -2.21. The van der Waals surface area contributed by atoms with Crippen molar-refractivity contribution < 1.29 is 14.5 Å². The SMILES string of the molecule is CCOC(=O)CC(C)(CC)C[N+](=O)[O-]. The van der Waals surface area contributed by atoms with Gasteiger partial charge in [-0.25, -0.2) is 0 Å². The van der Waals surface area contributed by atoms with Gasteiger partial charge in [0.05, 0.1) is 13.0 Å². The third-order valence-electron chi connectivity index (χ3n) is 2.24. The highest BCUT2D eigenvalue weighted by molar-refractivity contribution is 5.70. The molecule has 0 saturated heterocycles. The van der Waals surface area contributed by atoms with Crippen molar-refractivity contribution in [3.63, 3.8) is 0 Å². The van der Waals surface area contributed by atoms with E-state index in [2.05, 4.69) is 0 Å². The van der Waals surface area contributed by atoms with Gasteiger partial charge in [0.25, 0.3) is 0 Å². The Hall–Kier alpha value is -1.13. The zero-order chi connectivity index (χ0) is 11.2. The largest absolute Gasteiger partial charge is 0.466 e. The fourth-order valence-electron chi connectivity index (χ4n) is 1.16. The predicted molar refractivity (Wildman–Crippen MR) is 51.5 cm³/mol. The van der Waals surface area contributed by atoms with Crippen LogP contribution in [0.2, 0.25) is 0 Å². The van der Waals surface area contributed by atoms with E-state index in [0.717, 1.165) is 0 Å². The van der Waals surface area contributed by atoms with Crippen molar-refractivity contribution in [3.05, 3.63) is 10.1 Å². The zero-order valence-electron chi connectivity index (χ0n) is 8.91. The molecule has 0 amide bonds. The molecule has 0 fully saturated rings. The molecule has 5 nitrogen and oxygen atoms in total. The van der Waals surface area contributed by atoms with Crippen LogP contribution in [0.15, 0.2) is 0 Å². The first-order valence-electron chi connectivity index (χ1n) is 4.71. The molecule has 0 aliphatic heterocycles. The van der Waals surface area contributed by atoms with Crippen molar-refractivity contribution in [2.24, 2.45) is 5.41 Å². The molecule has 0 heterocycles. The van der Waals surface area contributed by atoms with Crippen molar-refractivity contribution in [2.45, 2.75) is 33.6 Å². The number of nitro groups is 1. The zero-order valence-corrected chi connectivity index (χ0v) is 8.91. The minimum absolute atomic E-state index is 0.109. The van der Waals surface area contributed by atoms with Gasteiger partial charge in [-0.05, 0) is 13.3 Å². The summed E-state index contributed by atoms with van der Waals surface area (Å²) in [5.41, 5.74) is -0.588. The molecule has 14 heavy (non-hydrogen) atoms. The van der Waals surface area contributed by atoms with Crippen LogP contribution in [0.4, 0.5) is 0 Å². The second-order valence-corrected chi connectivity index (χ2v) is 3.64. The van der Waals surface area contributed by atoms with Crippen LogP contribution in [0.1, 0.15) is 33.6 Å². The summed E-state index contributed by atoms with van der Waals surface area (Å²) in [5, 5.41) is 10.4. The third kappa shape index (κ3) is 4.79. The minimum Gasteiger partial charge on any atom is -0.466 e. The van der Waals surface area contributed by atoms with Gasteiger partial charge in [-0.15, -0.1) is 0 Å². The van der Waals surface area contributed by atoms with Gasteiger partial charge in [0.15, 0.2) is 0 Å². The average Bonchev–Trinajstić information content (AvgIpc) is 2.02. The summed E-state index contributed by atoms with van der Waals surface area (Å²) in [4.78, 5) is 21.1. The first-order valence-corrected chi connectivity index (χ1v) is 4.71. The van der Waals surface area contributed by atoms with E-state index < -0.39 is 5.41 Å². The minimum atomic E-state index is -0.588. The van der Waals surface area contributed by atoms with Crippen LogP contribution in [0.25, 0.3) is 0 Å². The maximum absolute atomic E-state index is 11.2. The molecular weight excluding hydrogens is 186 g/mol. The number of hydrogen-bond donors (Lipinski definition) is 0. The third-order valence-corrected chi connectivity index (χ3v) is 2.24. The van der Waals surface area contributed by atoms with E-state index in [-0.39, 0.29) is 23.9 Å². The lowest BCUT2D eigenvalue weighted by molar-refractivity contribution is -0.496. The summed E-state index contributed by atoms with van der Waals surface area (Å²) in [6, 6.07) is 0. The summed E-state index contributed by atoms with van der Waals surface area (Å²) in [5.74, 6) is -0.362. The lowest BCUT2D eigenvalue weighted by Crippen LogP contribution is -2.29. The molecule has 5 heteroatoms. The molecule has 1 unspecified atom stereocenters. The maximum atomic E-state index is 11.2. The maximum Gasteiger partial charge on any atom is 0.306 e. The number of hydrogen-bond acceptors (Lipinski definition) is 4. The standard InChI is InChI=1S/C9H17NO4/c1-4-9(3,7-10(12)13)6-8(11)14-5-2/h4-7H2,1-3H3. The van der Waals surface area contributed by atoms with Gasteiger partial charge in [-0.1, -0.05) is 13.8 Å². The highest BCUT2D eigenvalue weighted by Gasteiger charge is 2.31. The van der Waals surface area contributed by atoms with Crippen molar-refractivity contribution >= 4 is 5.97 Å². The molecule has 0 aromatic carbocycles. The Morgan fingerprint density at radius 1 is 1.50 bits per heavy atom. The molecule has 0 aliphatic carbocycles. The molecule has 0 saturated carbocycles. The predicted octanol–water partition coefficient (Wildman–Crippen LogP) is 1.63. The topological polar surface area (TPSA) is 69.4 Å². The van der Waals surface area contributed by atoms with E-state index in [9.17, 15) is 14.9 Å². The van der Waals surface area contributed by atoms with E-state index in [0.29, 0.717) is 13.0 Å². The van der Waals surface area contributed by atoms with Gasteiger partial charge in [0, 0.05) is 10.3 Å². The Labute approximate surface area is 83.6 Å². The van der Waals surface area contributed by atoms with E-state index in [1.54, 1.807) is 13.8 Å². The highest BCUT2D eigenvalue weighted by atomic mass is 16.6. The number of rotatable bonds is 6. The van der Waals surface area contributed by atoms with Gasteiger partial charge in [-0.3, -0.25) is 14.9 Å². The molecule has 1 atom stereocenters. The second kappa shape index (κ2) is 5.57. The Morgan fingerprint density at radius 3 is 2.43 bits per heavy atom. The van der Waals surface area contributed by atoms with Crippen LogP contribution < -0.4 is 0 Å². The van der Waals surface area contributed by atoms with Gasteiger partial charge in [0.2, 0.25) is 6.54 Å². The van der Waals surface area contributed by atoms with Crippen LogP contribution in [0.3, 0.4) is 0 Å². The lowest BCUT2D eigenvalue weighted by atomic mass is 9.84. The molecule has 0 rings (SSSR count). The quantitative estimate of drug-likeness (QED) is 0.374. The molecule has 0 spiro atoms. The Balaban J connectivity index is 4.24. The fraction of sp³-hybridized carbons (Fsp3) is 0.889. The molecule has 0 radical (unpaired) electrons. The van der Waals surface area contributed by atoms with Crippen LogP contribution in [-0.2, 0) is 9.53 Å². The first-order chi connectivity index (χ1) is 6.43. The van der Waals surface area contributed by atoms with E-state index in [4.69, 9.17) is 4.74 Å². The van der Waals surface area contributed by atoms with Gasteiger partial charge in [-0.2, -0.15) is 0 Å². The van der Waals surface area contributed by atoms with E-state index in [1.165, 1.54) is 0 Å². The average molecular weight is 203 g/mol. The first kappa shape index (κ1) is 12.9. The monoisotopic (exact) mass is 203 g/mol. The number of ether oxygens (including phenoxy) is 1. The number of nitrogens with zero attached hydrogens (tertiary/aromatic N) is 1. The molecule has 0 aliphatic rings. The van der Waals surface area contributed by atoms with Gasteiger partial charge >= 0.3 is 5.97 Å². The van der Waals surface area contributed by atoms with Crippen LogP contribution in [-0.4, -0.2) is 24.0 Å². The van der Waals surface area contributed by atoms with Crippen LogP contribution in [0, 0.1) is 15.5 Å². The van der Waals surface area contributed by atoms with Crippen molar-refractivity contribution in [1.82, 2.24) is 0 Å². The number of carbonyl (C=O) groups is 1. The summed E-state index contributed by atoms with van der Waals surface area (Å²) in [6.07, 6.45) is 0.700. The Morgan fingerprint density at radius 2 is 2.07 bits per heavy atom.